The van der Waals surface area contributed by atoms with Crippen molar-refractivity contribution in [1.29, 1.82) is 0 Å². The number of alkyl halides is 2. The predicted molar refractivity (Wildman–Crippen MR) is 88.2 cm³/mol. The molecule has 0 aromatic heterocycles. The average molecular weight is 316 g/mol. The summed E-state index contributed by atoms with van der Waals surface area (Å²) in [6, 6.07) is -0.00653. The van der Waals surface area contributed by atoms with E-state index < -0.39 is 6.55 Å². The Bertz CT molecular complexity index is 298. The lowest BCUT2D eigenvalue weighted by atomic mass is 9.80. The molecule has 0 radical (unpaired) electrons. The van der Waals surface area contributed by atoms with Gasteiger partial charge in [-0.3, -0.25) is 0 Å². The first-order chi connectivity index (χ1) is 10.5. The van der Waals surface area contributed by atoms with Gasteiger partial charge < -0.3 is 4.90 Å². The van der Waals surface area contributed by atoms with Crippen LogP contribution in [0.25, 0.3) is 0 Å². The summed E-state index contributed by atoms with van der Waals surface area (Å²) in [6.45, 7) is 6.93. The maximum atomic E-state index is 13.2. The van der Waals surface area contributed by atoms with Gasteiger partial charge in [-0.05, 0) is 64.5 Å². The van der Waals surface area contributed by atoms with E-state index in [1.165, 1.54) is 43.5 Å². The van der Waals surface area contributed by atoms with E-state index in [4.69, 9.17) is 0 Å². The van der Waals surface area contributed by atoms with Crippen LogP contribution in [0.3, 0.4) is 0 Å². The average Bonchev–Trinajstić information content (AvgIpc) is 2.49. The molecular weight excluding hydrogens is 282 g/mol. The molecule has 2 fully saturated rings. The SMILES string of the molecule is CCC1CCC(CN2CCC(N(C(C)C)C(F)F)CC2)CC1. The van der Waals surface area contributed by atoms with Crippen LogP contribution < -0.4 is 0 Å². The van der Waals surface area contributed by atoms with Crippen LogP contribution in [-0.4, -0.2) is 48.1 Å². The van der Waals surface area contributed by atoms with Crippen LogP contribution in [0.2, 0.25) is 0 Å². The highest BCUT2D eigenvalue weighted by Gasteiger charge is 2.32. The first-order valence-corrected chi connectivity index (χ1v) is 9.29. The van der Waals surface area contributed by atoms with Gasteiger partial charge in [0.25, 0.3) is 6.55 Å². The number of halogens is 2. The molecule has 22 heavy (non-hydrogen) atoms. The third-order valence-corrected chi connectivity index (χ3v) is 5.86. The summed E-state index contributed by atoms with van der Waals surface area (Å²) in [4.78, 5) is 3.93. The van der Waals surface area contributed by atoms with Crippen LogP contribution >= 0.6 is 0 Å². The van der Waals surface area contributed by atoms with Crippen LogP contribution in [0.4, 0.5) is 8.78 Å². The number of hydrogen-bond donors (Lipinski definition) is 0. The van der Waals surface area contributed by atoms with Gasteiger partial charge >= 0.3 is 0 Å². The fraction of sp³-hybridized carbons (Fsp3) is 1.00. The molecule has 0 spiro atoms. The van der Waals surface area contributed by atoms with Crippen LogP contribution in [0, 0.1) is 11.8 Å². The molecule has 2 aliphatic rings. The van der Waals surface area contributed by atoms with Gasteiger partial charge in [0.2, 0.25) is 0 Å². The van der Waals surface area contributed by atoms with Crippen molar-refractivity contribution in [2.24, 2.45) is 11.8 Å². The second-order valence-electron chi connectivity index (χ2n) is 7.65. The summed E-state index contributed by atoms with van der Waals surface area (Å²) in [5, 5.41) is 0. The lowest BCUT2D eigenvalue weighted by Crippen LogP contribution is -2.50. The Kier molecular flexibility index (Phi) is 7.07. The van der Waals surface area contributed by atoms with Gasteiger partial charge in [-0.2, -0.15) is 8.78 Å². The fourth-order valence-electron chi connectivity index (χ4n) is 4.39. The molecule has 2 rings (SSSR count). The summed E-state index contributed by atoms with van der Waals surface area (Å²) >= 11 is 0. The van der Waals surface area contributed by atoms with Crippen LogP contribution in [0.1, 0.15) is 65.7 Å². The molecule has 130 valence electrons. The molecule has 0 bridgehead atoms. The largest absolute Gasteiger partial charge is 0.303 e. The third-order valence-electron chi connectivity index (χ3n) is 5.86. The molecule has 1 saturated heterocycles. The quantitative estimate of drug-likeness (QED) is 0.661. The zero-order valence-electron chi connectivity index (χ0n) is 14.6. The van der Waals surface area contributed by atoms with E-state index in [9.17, 15) is 8.78 Å². The highest BCUT2D eigenvalue weighted by atomic mass is 19.3. The Labute approximate surface area is 135 Å². The number of piperidine rings is 1. The number of hydrogen-bond acceptors (Lipinski definition) is 2. The zero-order valence-corrected chi connectivity index (χ0v) is 14.6. The molecule has 1 aliphatic carbocycles. The van der Waals surface area contributed by atoms with Crippen LogP contribution in [0.15, 0.2) is 0 Å². The Morgan fingerprint density at radius 3 is 1.95 bits per heavy atom. The van der Waals surface area contributed by atoms with E-state index in [2.05, 4.69) is 11.8 Å². The Hall–Kier alpha value is -0.220. The first-order valence-electron chi connectivity index (χ1n) is 9.29. The summed E-state index contributed by atoms with van der Waals surface area (Å²) in [5.41, 5.74) is 0. The molecule has 1 heterocycles. The summed E-state index contributed by atoms with van der Waals surface area (Å²) < 4.78 is 26.4. The molecule has 0 aromatic carbocycles. The van der Waals surface area contributed by atoms with E-state index in [1.807, 2.05) is 13.8 Å². The van der Waals surface area contributed by atoms with Gasteiger partial charge in [0.05, 0.1) is 0 Å². The summed E-state index contributed by atoms with van der Waals surface area (Å²) in [7, 11) is 0. The standard InChI is InChI=1S/C18H34F2N2/c1-4-15-5-7-16(8-6-15)13-21-11-9-17(10-12-21)22(14(2)3)18(19)20/h14-18H,4-13H2,1-3H3. The topological polar surface area (TPSA) is 6.48 Å². The Morgan fingerprint density at radius 2 is 1.50 bits per heavy atom. The minimum absolute atomic E-state index is 0.0621. The van der Waals surface area contributed by atoms with E-state index in [1.54, 1.807) is 0 Å². The van der Waals surface area contributed by atoms with Gasteiger partial charge in [0.1, 0.15) is 0 Å². The zero-order chi connectivity index (χ0) is 16.1. The van der Waals surface area contributed by atoms with E-state index in [0.717, 1.165) is 37.8 Å². The van der Waals surface area contributed by atoms with E-state index >= 15 is 0 Å². The molecule has 1 saturated carbocycles. The monoisotopic (exact) mass is 316 g/mol. The van der Waals surface area contributed by atoms with Gasteiger partial charge in [-0.25, -0.2) is 4.90 Å². The predicted octanol–water partition coefficient (Wildman–Crippen LogP) is 4.60. The van der Waals surface area contributed by atoms with Gasteiger partial charge in [-0.15, -0.1) is 0 Å². The molecule has 4 heteroatoms. The summed E-state index contributed by atoms with van der Waals surface area (Å²) in [6.07, 6.45) is 8.64. The Balaban J connectivity index is 1.73. The normalized spacial score (nSPS) is 28.9. The number of likely N-dealkylation sites (tertiary alicyclic amines) is 1. The lowest BCUT2D eigenvalue weighted by molar-refractivity contribution is -0.0857. The van der Waals surface area contributed by atoms with E-state index in [-0.39, 0.29) is 12.1 Å². The van der Waals surface area contributed by atoms with Gasteiger partial charge in [0.15, 0.2) is 0 Å². The maximum Gasteiger partial charge on any atom is 0.295 e. The minimum atomic E-state index is -2.32. The molecule has 0 unspecified atom stereocenters. The van der Waals surface area contributed by atoms with Crippen molar-refractivity contribution in [3.8, 4) is 0 Å². The second kappa shape index (κ2) is 8.58. The highest BCUT2D eigenvalue weighted by Crippen LogP contribution is 2.32. The van der Waals surface area contributed by atoms with Crippen LogP contribution in [-0.2, 0) is 0 Å². The van der Waals surface area contributed by atoms with Crippen molar-refractivity contribution in [2.45, 2.75) is 84.4 Å². The van der Waals surface area contributed by atoms with Gasteiger partial charge in [-0.1, -0.05) is 26.2 Å². The summed E-state index contributed by atoms with van der Waals surface area (Å²) in [5.74, 6) is 1.79. The molecule has 0 atom stereocenters. The second-order valence-corrected chi connectivity index (χ2v) is 7.65. The minimum Gasteiger partial charge on any atom is -0.303 e. The molecule has 2 nitrogen and oxygen atoms in total. The maximum absolute atomic E-state index is 13.2. The van der Waals surface area contributed by atoms with Crippen LogP contribution in [0.5, 0.6) is 0 Å². The molecule has 0 N–H and O–H groups in total. The lowest BCUT2D eigenvalue weighted by Gasteiger charge is -2.41. The molecule has 0 amide bonds. The number of rotatable bonds is 6. The molecule has 0 aromatic rings. The van der Waals surface area contributed by atoms with Crippen molar-refractivity contribution >= 4 is 0 Å². The molecule has 1 aliphatic heterocycles. The highest BCUT2D eigenvalue weighted by molar-refractivity contribution is 4.83. The van der Waals surface area contributed by atoms with Crippen molar-refractivity contribution in [3.63, 3.8) is 0 Å². The van der Waals surface area contributed by atoms with Gasteiger partial charge in [0, 0.05) is 18.6 Å². The van der Waals surface area contributed by atoms with Crippen molar-refractivity contribution in [2.75, 3.05) is 19.6 Å². The van der Waals surface area contributed by atoms with Crippen molar-refractivity contribution < 1.29 is 8.78 Å². The number of nitrogens with zero attached hydrogens (tertiary/aromatic N) is 2. The van der Waals surface area contributed by atoms with Crippen molar-refractivity contribution in [3.05, 3.63) is 0 Å². The third kappa shape index (κ3) is 4.89. The van der Waals surface area contributed by atoms with E-state index in [0.29, 0.717) is 0 Å². The Morgan fingerprint density at radius 1 is 0.955 bits per heavy atom. The van der Waals surface area contributed by atoms with Crippen molar-refractivity contribution in [1.82, 2.24) is 9.80 Å². The first kappa shape index (κ1) is 18.1. The smallest absolute Gasteiger partial charge is 0.295 e. The molecular formula is C18H34F2N2. The fourth-order valence-corrected chi connectivity index (χ4v) is 4.39.